The highest BCUT2D eigenvalue weighted by Gasteiger charge is 2.15. The van der Waals surface area contributed by atoms with E-state index in [0.717, 1.165) is 17.0 Å². The van der Waals surface area contributed by atoms with Gasteiger partial charge in [-0.15, -0.1) is 11.3 Å². The van der Waals surface area contributed by atoms with Gasteiger partial charge >= 0.3 is 0 Å². The number of nitrogens with zero attached hydrogens (tertiary/aromatic N) is 1. The molecule has 0 aromatic carbocycles. The quantitative estimate of drug-likeness (QED) is 0.785. The van der Waals surface area contributed by atoms with Crippen molar-refractivity contribution in [3.63, 3.8) is 0 Å². The number of thiazole rings is 1. The van der Waals surface area contributed by atoms with Crippen molar-refractivity contribution >= 4 is 35.4 Å². The van der Waals surface area contributed by atoms with E-state index in [1.54, 1.807) is 7.05 Å². The topological polar surface area (TPSA) is 65.2 Å². The lowest BCUT2D eigenvalue weighted by atomic mass is 10.3. The number of carbonyl (C=O) groups is 2. The number of rotatable bonds is 6. The zero-order valence-corrected chi connectivity index (χ0v) is 13.0. The minimum atomic E-state index is -0.129. The average molecular weight is 301 g/mol. The van der Waals surface area contributed by atoms with Crippen molar-refractivity contribution in [1.29, 1.82) is 0 Å². The second-order valence-corrected chi connectivity index (χ2v) is 6.11. The van der Waals surface area contributed by atoms with Crippen LogP contribution in [0.2, 0.25) is 0 Å². The molecule has 2 amide bonds. The number of likely N-dealkylation sites (N-methyl/N-ethyl adjacent to an activating group) is 1. The summed E-state index contributed by atoms with van der Waals surface area (Å²) in [5.41, 5.74) is 0.923. The van der Waals surface area contributed by atoms with Gasteiger partial charge in [0.2, 0.25) is 11.8 Å². The maximum atomic E-state index is 12.0. The molecule has 1 aromatic rings. The molecule has 1 heterocycles. The molecule has 0 aliphatic heterocycles. The van der Waals surface area contributed by atoms with E-state index in [0.29, 0.717) is 10.5 Å². The molecule has 1 rings (SSSR count). The van der Waals surface area contributed by atoms with Gasteiger partial charge in [0.1, 0.15) is 0 Å². The number of hydrogen-bond acceptors (Lipinski definition) is 4. The molecule has 7 heteroatoms. The molecule has 0 aliphatic carbocycles. The lowest BCUT2D eigenvalue weighted by Gasteiger charge is -2.16. The minimum Gasteiger partial charge on any atom is -0.355 e. The van der Waals surface area contributed by atoms with E-state index >= 15 is 0 Å². The summed E-state index contributed by atoms with van der Waals surface area (Å²) in [6.45, 7) is 4.60. The zero-order chi connectivity index (χ0) is 14.4. The van der Waals surface area contributed by atoms with E-state index in [2.05, 4.69) is 10.3 Å². The Balaban J connectivity index is 2.51. The maximum absolute atomic E-state index is 12.0. The molecule has 0 bridgehead atoms. The molecule has 106 valence electrons. The van der Waals surface area contributed by atoms with Crippen molar-refractivity contribution in [3.8, 4) is 0 Å². The number of aryl methyl sites for hydroxylation is 1. The van der Waals surface area contributed by atoms with Gasteiger partial charge in [0.05, 0.1) is 13.0 Å². The van der Waals surface area contributed by atoms with Crippen molar-refractivity contribution in [2.24, 2.45) is 0 Å². The first-order valence-corrected chi connectivity index (χ1v) is 7.35. The van der Waals surface area contributed by atoms with Gasteiger partial charge in [-0.25, -0.2) is 0 Å². The summed E-state index contributed by atoms with van der Waals surface area (Å²) in [6, 6.07) is 0. The highest BCUT2D eigenvalue weighted by molar-refractivity contribution is 7.73. The first-order valence-electron chi connectivity index (χ1n) is 6.13. The van der Waals surface area contributed by atoms with Crippen molar-refractivity contribution < 1.29 is 9.59 Å². The number of aromatic amines is 1. The van der Waals surface area contributed by atoms with Crippen LogP contribution in [0.4, 0.5) is 0 Å². The van der Waals surface area contributed by atoms with Crippen molar-refractivity contribution in [1.82, 2.24) is 15.2 Å². The van der Waals surface area contributed by atoms with E-state index < -0.39 is 0 Å². The van der Waals surface area contributed by atoms with Crippen LogP contribution in [0, 0.1) is 10.9 Å². The van der Waals surface area contributed by atoms with Crippen LogP contribution in [-0.2, 0) is 16.0 Å². The molecule has 0 spiro atoms. The monoisotopic (exact) mass is 301 g/mol. The van der Waals surface area contributed by atoms with Gasteiger partial charge in [-0.3, -0.25) is 9.59 Å². The van der Waals surface area contributed by atoms with Gasteiger partial charge in [-0.05, 0) is 25.6 Å². The van der Waals surface area contributed by atoms with E-state index in [1.165, 1.54) is 16.2 Å². The molecule has 1 aromatic heterocycles. The third-order valence-electron chi connectivity index (χ3n) is 2.61. The summed E-state index contributed by atoms with van der Waals surface area (Å²) in [7, 11) is 1.63. The number of hydrogen-bond donors (Lipinski definition) is 2. The molecule has 0 saturated heterocycles. The standard InChI is InChI=1S/C12H19N3O2S2/c1-4-5-13-10(16)7-15(3)11(17)6-9-8(2)14-12(18)19-9/h4-7H2,1-3H3,(H,13,16)(H,14,18). The van der Waals surface area contributed by atoms with Gasteiger partial charge in [-0.2, -0.15) is 0 Å². The van der Waals surface area contributed by atoms with Crippen LogP contribution in [0.1, 0.15) is 23.9 Å². The van der Waals surface area contributed by atoms with Crippen LogP contribution in [0.15, 0.2) is 0 Å². The van der Waals surface area contributed by atoms with Crippen molar-refractivity contribution in [2.45, 2.75) is 26.7 Å². The molecule has 0 saturated carbocycles. The Morgan fingerprint density at radius 3 is 2.68 bits per heavy atom. The number of H-pyrrole nitrogens is 1. The molecule has 2 N–H and O–H groups in total. The molecule has 5 nitrogen and oxygen atoms in total. The van der Waals surface area contributed by atoms with Crippen LogP contribution in [0.3, 0.4) is 0 Å². The highest BCUT2D eigenvalue weighted by Crippen LogP contribution is 2.15. The average Bonchev–Trinajstić information content (AvgIpc) is 2.65. The van der Waals surface area contributed by atoms with E-state index in [1.807, 2.05) is 13.8 Å². The fraction of sp³-hybridized carbons (Fsp3) is 0.583. The normalized spacial score (nSPS) is 10.3. The minimum absolute atomic E-state index is 0.0833. The second-order valence-electron chi connectivity index (χ2n) is 4.34. The third-order valence-corrected chi connectivity index (χ3v) is 3.95. The molecule has 0 aliphatic rings. The van der Waals surface area contributed by atoms with E-state index in [9.17, 15) is 9.59 Å². The molecule has 0 fully saturated rings. The highest BCUT2D eigenvalue weighted by atomic mass is 32.1. The molecular weight excluding hydrogens is 282 g/mol. The third kappa shape index (κ3) is 5.12. The Kier molecular flexibility index (Phi) is 6.17. The first-order chi connectivity index (χ1) is 8.93. The summed E-state index contributed by atoms with van der Waals surface area (Å²) in [5.74, 6) is -0.212. The van der Waals surface area contributed by atoms with Gasteiger partial charge in [-0.1, -0.05) is 6.92 Å². The summed E-state index contributed by atoms with van der Waals surface area (Å²) < 4.78 is 0.670. The Bertz CT molecular complexity index is 507. The smallest absolute Gasteiger partial charge is 0.239 e. The Morgan fingerprint density at radius 2 is 2.16 bits per heavy atom. The van der Waals surface area contributed by atoms with Crippen LogP contribution in [-0.4, -0.2) is 41.8 Å². The van der Waals surface area contributed by atoms with E-state index in [-0.39, 0.29) is 24.8 Å². The molecule has 0 atom stereocenters. The Morgan fingerprint density at radius 1 is 1.47 bits per heavy atom. The number of nitrogens with one attached hydrogen (secondary N) is 2. The largest absolute Gasteiger partial charge is 0.355 e. The van der Waals surface area contributed by atoms with Crippen molar-refractivity contribution in [3.05, 3.63) is 14.5 Å². The van der Waals surface area contributed by atoms with Gasteiger partial charge in [0.25, 0.3) is 0 Å². The summed E-state index contributed by atoms with van der Waals surface area (Å²) in [5, 5.41) is 2.74. The lowest BCUT2D eigenvalue weighted by molar-refractivity contribution is -0.134. The molecule has 0 unspecified atom stereocenters. The van der Waals surface area contributed by atoms with Gasteiger partial charge in [0.15, 0.2) is 3.95 Å². The second kappa shape index (κ2) is 7.40. The van der Waals surface area contributed by atoms with Crippen LogP contribution >= 0.6 is 23.6 Å². The summed E-state index contributed by atoms with van der Waals surface area (Å²) in [6.07, 6.45) is 1.16. The first kappa shape index (κ1) is 15.8. The predicted molar refractivity (Wildman–Crippen MR) is 78.9 cm³/mol. The SMILES string of the molecule is CCCNC(=O)CN(C)C(=O)Cc1sc(=S)[nH]c1C. The van der Waals surface area contributed by atoms with E-state index in [4.69, 9.17) is 12.2 Å². The van der Waals surface area contributed by atoms with Gasteiger partial charge in [0, 0.05) is 24.2 Å². The zero-order valence-electron chi connectivity index (χ0n) is 11.4. The van der Waals surface area contributed by atoms with Gasteiger partial charge < -0.3 is 15.2 Å². The molecular formula is C12H19N3O2S2. The predicted octanol–water partition coefficient (Wildman–Crippen LogP) is 1.64. The Hall–Kier alpha value is -1.21. The lowest BCUT2D eigenvalue weighted by Crippen LogP contribution is -2.39. The number of carbonyl (C=O) groups excluding carboxylic acids is 2. The van der Waals surface area contributed by atoms with Crippen molar-refractivity contribution in [2.75, 3.05) is 20.1 Å². The molecule has 19 heavy (non-hydrogen) atoms. The van der Waals surface area contributed by atoms with Crippen LogP contribution < -0.4 is 5.32 Å². The summed E-state index contributed by atoms with van der Waals surface area (Å²) in [4.78, 5) is 28.9. The fourth-order valence-electron chi connectivity index (χ4n) is 1.50. The van der Waals surface area contributed by atoms with Crippen LogP contribution in [0.25, 0.3) is 0 Å². The fourth-order valence-corrected chi connectivity index (χ4v) is 2.78. The Labute approximate surface area is 122 Å². The number of amides is 2. The summed E-state index contributed by atoms with van der Waals surface area (Å²) >= 11 is 6.43. The van der Waals surface area contributed by atoms with Crippen LogP contribution in [0.5, 0.6) is 0 Å². The molecule has 0 radical (unpaired) electrons. The maximum Gasteiger partial charge on any atom is 0.239 e. The number of aromatic nitrogens is 1.